The van der Waals surface area contributed by atoms with Gasteiger partial charge < -0.3 is 14.6 Å². The minimum Gasteiger partial charge on any atom is -0.383 e. The predicted molar refractivity (Wildman–Crippen MR) is 76.6 cm³/mol. The molecule has 0 bridgehead atoms. The zero-order chi connectivity index (χ0) is 13.5. The Kier molecular flexibility index (Phi) is 6.24. The van der Waals surface area contributed by atoms with Crippen LogP contribution in [0, 0.1) is 10.9 Å². The van der Waals surface area contributed by atoms with Crippen LogP contribution in [0.15, 0.2) is 12.7 Å². The number of aromatic nitrogens is 1. The molecule has 1 aromatic rings. The van der Waals surface area contributed by atoms with Crippen molar-refractivity contribution in [2.24, 2.45) is 0 Å². The number of carbonyl (C=O) groups excluding carboxylic acids is 1. The quantitative estimate of drug-likeness (QED) is 0.618. The highest BCUT2D eigenvalue weighted by molar-refractivity contribution is 7.73. The summed E-state index contributed by atoms with van der Waals surface area (Å²) in [6.45, 7) is 7.24. The van der Waals surface area contributed by atoms with Crippen molar-refractivity contribution in [3.63, 3.8) is 0 Å². The zero-order valence-electron chi connectivity index (χ0n) is 10.7. The number of thiazole rings is 1. The van der Waals surface area contributed by atoms with E-state index >= 15 is 0 Å². The minimum atomic E-state index is 0.0697. The average Bonchev–Trinajstić information content (AvgIpc) is 2.63. The number of hydrogen-bond acceptors (Lipinski definition) is 4. The fourth-order valence-corrected chi connectivity index (χ4v) is 2.81. The van der Waals surface area contributed by atoms with Gasteiger partial charge in [-0.2, -0.15) is 0 Å². The van der Waals surface area contributed by atoms with E-state index in [0.717, 1.165) is 10.6 Å². The van der Waals surface area contributed by atoms with Gasteiger partial charge in [0, 0.05) is 30.8 Å². The lowest BCUT2D eigenvalue weighted by Gasteiger charge is -2.20. The molecule has 0 radical (unpaired) electrons. The smallest absolute Gasteiger partial charge is 0.228 e. The number of H-pyrrole nitrogens is 1. The Bertz CT molecular complexity index is 465. The number of aromatic amines is 1. The van der Waals surface area contributed by atoms with Crippen LogP contribution in [-0.4, -0.2) is 42.6 Å². The van der Waals surface area contributed by atoms with Crippen LogP contribution < -0.4 is 0 Å². The summed E-state index contributed by atoms with van der Waals surface area (Å²) in [5.41, 5.74) is 0.976. The molecule has 0 atom stereocenters. The van der Waals surface area contributed by atoms with Crippen molar-refractivity contribution in [2.45, 2.75) is 13.3 Å². The number of nitrogens with one attached hydrogen (secondary N) is 1. The van der Waals surface area contributed by atoms with E-state index in [0.29, 0.717) is 30.1 Å². The van der Waals surface area contributed by atoms with Crippen molar-refractivity contribution in [3.8, 4) is 0 Å². The van der Waals surface area contributed by atoms with Crippen molar-refractivity contribution in [2.75, 3.05) is 26.8 Å². The van der Waals surface area contributed by atoms with Crippen LogP contribution in [0.5, 0.6) is 0 Å². The first kappa shape index (κ1) is 15.1. The summed E-state index contributed by atoms with van der Waals surface area (Å²) < 4.78 is 5.71. The van der Waals surface area contributed by atoms with Gasteiger partial charge in [0.15, 0.2) is 3.95 Å². The molecule has 0 saturated carbocycles. The zero-order valence-corrected chi connectivity index (χ0v) is 12.3. The summed E-state index contributed by atoms with van der Waals surface area (Å²) in [7, 11) is 1.62. The topological polar surface area (TPSA) is 45.3 Å². The summed E-state index contributed by atoms with van der Waals surface area (Å²) in [4.78, 5) is 17.9. The van der Waals surface area contributed by atoms with Crippen molar-refractivity contribution in [1.29, 1.82) is 0 Å². The molecule has 0 saturated heterocycles. The molecule has 0 aliphatic rings. The number of rotatable bonds is 7. The van der Waals surface area contributed by atoms with Gasteiger partial charge in [0.2, 0.25) is 5.91 Å². The van der Waals surface area contributed by atoms with Crippen molar-refractivity contribution in [1.82, 2.24) is 9.88 Å². The highest BCUT2D eigenvalue weighted by Crippen LogP contribution is 2.16. The van der Waals surface area contributed by atoms with Crippen LogP contribution in [0.25, 0.3) is 0 Å². The average molecular weight is 286 g/mol. The molecular formula is C12H18N2O2S2. The summed E-state index contributed by atoms with van der Waals surface area (Å²) >= 11 is 6.52. The van der Waals surface area contributed by atoms with Gasteiger partial charge in [0.1, 0.15) is 0 Å². The van der Waals surface area contributed by atoms with E-state index in [1.807, 2.05) is 6.92 Å². The van der Waals surface area contributed by atoms with Crippen LogP contribution in [0.1, 0.15) is 10.6 Å². The molecule has 1 N–H and O–H groups in total. The second-order valence-corrected chi connectivity index (χ2v) is 5.63. The van der Waals surface area contributed by atoms with E-state index in [9.17, 15) is 4.79 Å². The molecule has 1 heterocycles. The van der Waals surface area contributed by atoms with Crippen LogP contribution in [-0.2, 0) is 16.0 Å². The van der Waals surface area contributed by atoms with Gasteiger partial charge in [-0.15, -0.1) is 17.9 Å². The number of ether oxygens (including phenoxy) is 1. The Hall–Kier alpha value is -0.980. The summed E-state index contributed by atoms with van der Waals surface area (Å²) in [6.07, 6.45) is 2.10. The highest BCUT2D eigenvalue weighted by atomic mass is 32.1. The van der Waals surface area contributed by atoms with Gasteiger partial charge >= 0.3 is 0 Å². The molecule has 1 aromatic heterocycles. The molecule has 18 heavy (non-hydrogen) atoms. The molecule has 0 aromatic carbocycles. The van der Waals surface area contributed by atoms with Crippen LogP contribution in [0.3, 0.4) is 0 Å². The number of carbonyl (C=O) groups is 1. The number of aryl methyl sites for hydroxylation is 1. The molecule has 0 aliphatic heterocycles. The Balaban J connectivity index is 2.68. The fourth-order valence-electron chi connectivity index (χ4n) is 1.53. The third-order valence-electron chi connectivity index (χ3n) is 2.50. The molecule has 100 valence electrons. The van der Waals surface area contributed by atoms with E-state index in [2.05, 4.69) is 11.6 Å². The molecule has 0 aliphatic carbocycles. The standard InChI is InChI=1S/C12H18N2O2S2/c1-4-5-14(6-7-16-3)11(15)8-10-9(2)13-12(17)18-10/h4H,1,5-8H2,2-3H3,(H,13,17). The summed E-state index contributed by atoms with van der Waals surface area (Å²) in [6, 6.07) is 0. The SMILES string of the molecule is C=CCN(CCOC)C(=O)Cc1sc(=S)[nH]c1C. The predicted octanol–water partition coefficient (Wildman–Crippen LogP) is 2.32. The Labute approximate surface area is 116 Å². The normalized spacial score (nSPS) is 10.3. The first-order valence-electron chi connectivity index (χ1n) is 5.64. The Morgan fingerprint density at radius 2 is 2.39 bits per heavy atom. The lowest BCUT2D eigenvalue weighted by atomic mass is 10.2. The molecular weight excluding hydrogens is 268 g/mol. The van der Waals surface area contributed by atoms with Crippen molar-refractivity contribution >= 4 is 29.5 Å². The molecule has 6 heteroatoms. The maximum Gasteiger partial charge on any atom is 0.228 e. The van der Waals surface area contributed by atoms with Gasteiger partial charge in [-0.3, -0.25) is 4.79 Å². The van der Waals surface area contributed by atoms with E-state index in [-0.39, 0.29) is 5.91 Å². The molecule has 4 nitrogen and oxygen atoms in total. The first-order chi connectivity index (χ1) is 8.58. The van der Waals surface area contributed by atoms with E-state index in [4.69, 9.17) is 17.0 Å². The second-order valence-electron chi connectivity index (χ2n) is 3.86. The summed E-state index contributed by atoms with van der Waals surface area (Å²) in [5.74, 6) is 0.0697. The summed E-state index contributed by atoms with van der Waals surface area (Å²) in [5, 5.41) is 0. The van der Waals surface area contributed by atoms with Gasteiger partial charge in [-0.05, 0) is 19.1 Å². The Morgan fingerprint density at radius 1 is 1.67 bits per heavy atom. The van der Waals surface area contributed by atoms with Crippen LogP contribution in [0.2, 0.25) is 0 Å². The van der Waals surface area contributed by atoms with E-state index in [1.165, 1.54) is 11.3 Å². The van der Waals surface area contributed by atoms with E-state index < -0.39 is 0 Å². The number of methoxy groups -OCH3 is 1. The minimum absolute atomic E-state index is 0.0697. The highest BCUT2D eigenvalue weighted by Gasteiger charge is 2.15. The third kappa shape index (κ3) is 4.36. The lowest BCUT2D eigenvalue weighted by Crippen LogP contribution is -2.35. The molecule has 1 rings (SSSR count). The van der Waals surface area contributed by atoms with E-state index in [1.54, 1.807) is 18.1 Å². The van der Waals surface area contributed by atoms with Crippen molar-refractivity contribution in [3.05, 3.63) is 27.2 Å². The maximum absolute atomic E-state index is 12.2. The van der Waals surface area contributed by atoms with Crippen LogP contribution >= 0.6 is 23.6 Å². The largest absolute Gasteiger partial charge is 0.383 e. The van der Waals surface area contributed by atoms with Gasteiger partial charge in [-0.1, -0.05) is 6.08 Å². The lowest BCUT2D eigenvalue weighted by molar-refractivity contribution is -0.130. The Morgan fingerprint density at radius 3 is 2.89 bits per heavy atom. The van der Waals surface area contributed by atoms with Crippen molar-refractivity contribution < 1.29 is 9.53 Å². The van der Waals surface area contributed by atoms with Gasteiger partial charge in [0.05, 0.1) is 13.0 Å². The fraction of sp³-hybridized carbons (Fsp3) is 0.500. The van der Waals surface area contributed by atoms with Gasteiger partial charge in [-0.25, -0.2) is 0 Å². The maximum atomic E-state index is 12.2. The molecule has 0 unspecified atom stereocenters. The number of amides is 1. The molecule has 0 spiro atoms. The third-order valence-corrected chi connectivity index (χ3v) is 3.84. The monoisotopic (exact) mass is 286 g/mol. The van der Waals surface area contributed by atoms with Gasteiger partial charge in [0.25, 0.3) is 0 Å². The second kappa shape index (κ2) is 7.45. The molecule has 1 amide bonds. The first-order valence-corrected chi connectivity index (χ1v) is 6.87. The number of hydrogen-bond donors (Lipinski definition) is 1. The van der Waals surface area contributed by atoms with Crippen LogP contribution in [0.4, 0.5) is 0 Å². The number of nitrogens with zero attached hydrogens (tertiary/aromatic N) is 1. The molecule has 0 fully saturated rings.